The summed E-state index contributed by atoms with van der Waals surface area (Å²) in [4.78, 5) is 3.74. The summed E-state index contributed by atoms with van der Waals surface area (Å²) in [6, 6.07) is 5.92. The first kappa shape index (κ1) is 10.8. The van der Waals surface area contributed by atoms with E-state index < -0.39 is 0 Å². The standard InChI is InChI=1S/C10H10FNOS/c11-9-2-4-10(5-3-9)13-7-1-6-12-8-14/h2-5H,1,6-7H2. The number of halogens is 1. The lowest BCUT2D eigenvalue weighted by Gasteiger charge is -2.03. The van der Waals surface area contributed by atoms with Crippen LogP contribution in [0.25, 0.3) is 0 Å². The molecule has 1 aromatic rings. The predicted octanol–water partition coefficient (Wildman–Crippen LogP) is 2.70. The summed E-state index contributed by atoms with van der Waals surface area (Å²) < 4.78 is 17.8. The molecule has 0 saturated carbocycles. The summed E-state index contributed by atoms with van der Waals surface area (Å²) in [7, 11) is 0. The van der Waals surface area contributed by atoms with E-state index in [0.29, 0.717) is 18.9 Å². The van der Waals surface area contributed by atoms with E-state index in [1.54, 1.807) is 12.1 Å². The second-order valence-corrected chi connectivity index (χ2v) is 2.81. The molecule has 1 aromatic carbocycles. The highest BCUT2D eigenvalue weighted by molar-refractivity contribution is 7.78. The first-order valence-electron chi connectivity index (χ1n) is 4.25. The van der Waals surface area contributed by atoms with Crippen LogP contribution in [0.5, 0.6) is 5.75 Å². The second kappa shape index (κ2) is 6.24. The van der Waals surface area contributed by atoms with Crippen molar-refractivity contribution in [1.82, 2.24) is 0 Å². The van der Waals surface area contributed by atoms with Gasteiger partial charge < -0.3 is 4.74 Å². The number of benzene rings is 1. The average Bonchev–Trinajstić information content (AvgIpc) is 2.21. The molecular weight excluding hydrogens is 201 g/mol. The van der Waals surface area contributed by atoms with E-state index in [1.165, 1.54) is 12.1 Å². The van der Waals surface area contributed by atoms with Crippen LogP contribution in [0.1, 0.15) is 6.42 Å². The number of thiocarbonyl (C=S) groups is 1. The Kier molecular flexibility index (Phi) is 4.83. The van der Waals surface area contributed by atoms with Crippen LogP contribution in [-0.2, 0) is 0 Å². The lowest BCUT2D eigenvalue weighted by atomic mass is 10.3. The van der Waals surface area contributed by atoms with Crippen molar-refractivity contribution in [2.24, 2.45) is 4.99 Å². The Balaban J connectivity index is 2.24. The van der Waals surface area contributed by atoms with Crippen molar-refractivity contribution < 1.29 is 9.13 Å². The van der Waals surface area contributed by atoms with Gasteiger partial charge in [-0.15, -0.1) is 0 Å². The maximum atomic E-state index is 12.5. The Morgan fingerprint density at radius 2 is 2.07 bits per heavy atom. The van der Waals surface area contributed by atoms with Crippen molar-refractivity contribution in [2.45, 2.75) is 6.42 Å². The van der Waals surface area contributed by atoms with E-state index in [2.05, 4.69) is 22.4 Å². The van der Waals surface area contributed by atoms with Gasteiger partial charge in [0.2, 0.25) is 0 Å². The Labute approximate surface area is 87.4 Å². The fourth-order valence-electron chi connectivity index (χ4n) is 0.910. The molecule has 0 bridgehead atoms. The van der Waals surface area contributed by atoms with Crippen LogP contribution in [0, 0.1) is 5.82 Å². The van der Waals surface area contributed by atoms with E-state index in [1.807, 2.05) is 0 Å². The second-order valence-electron chi connectivity index (χ2n) is 2.63. The predicted molar refractivity (Wildman–Crippen MR) is 56.4 cm³/mol. The minimum atomic E-state index is -0.261. The van der Waals surface area contributed by atoms with Gasteiger partial charge in [-0.05, 0) is 36.5 Å². The maximum Gasteiger partial charge on any atom is 0.123 e. The maximum absolute atomic E-state index is 12.5. The molecule has 0 aromatic heterocycles. The number of ether oxygens (including phenoxy) is 1. The van der Waals surface area contributed by atoms with Crippen molar-refractivity contribution in [2.75, 3.05) is 13.2 Å². The zero-order valence-corrected chi connectivity index (χ0v) is 8.39. The topological polar surface area (TPSA) is 21.6 Å². The SMILES string of the molecule is Fc1ccc(OCCCN=C=S)cc1. The molecule has 0 atom stereocenters. The molecule has 0 saturated heterocycles. The molecule has 0 fully saturated rings. The highest BCUT2D eigenvalue weighted by atomic mass is 32.1. The normalized spacial score (nSPS) is 9.21. The van der Waals surface area contributed by atoms with Crippen molar-refractivity contribution in [3.8, 4) is 5.75 Å². The zero-order chi connectivity index (χ0) is 10.2. The third-order valence-electron chi connectivity index (χ3n) is 1.56. The van der Waals surface area contributed by atoms with E-state index in [9.17, 15) is 4.39 Å². The van der Waals surface area contributed by atoms with Crippen molar-refractivity contribution in [3.05, 3.63) is 30.1 Å². The van der Waals surface area contributed by atoms with Gasteiger partial charge in [0.05, 0.1) is 18.3 Å². The molecule has 0 aliphatic rings. The average molecular weight is 211 g/mol. The molecule has 1 rings (SSSR count). The highest BCUT2D eigenvalue weighted by Gasteiger charge is 1.93. The number of isothiocyanates is 1. The number of rotatable bonds is 5. The van der Waals surface area contributed by atoms with Gasteiger partial charge in [-0.2, -0.15) is 0 Å². The van der Waals surface area contributed by atoms with Crippen LogP contribution in [0.2, 0.25) is 0 Å². The van der Waals surface area contributed by atoms with Gasteiger partial charge in [0.1, 0.15) is 11.6 Å². The van der Waals surface area contributed by atoms with Gasteiger partial charge >= 0.3 is 0 Å². The number of hydrogen-bond acceptors (Lipinski definition) is 3. The van der Waals surface area contributed by atoms with Crippen molar-refractivity contribution in [1.29, 1.82) is 0 Å². The monoisotopic (exact) mass is 211 g/mol. The smallest absolute Gasteiger partial charge is 0.123 e. The lowest BCUT2D eigenvalue weighted by molar-refractivity contribution is 0.313. The molecule has 14 heavy (non-hydrogen) atoms. The summed E-state index contributed by atoms with van der Waals surface area (Å²) in [6.45, 7) is 1.16. The Morgan fingerprint density at radius 3 is 2.71 bits per heavy atom. The molecule has 0 spiro atoms. The number of aliphatic imine (C=N–C) groups is 1. The summed E-state index contributed by atoms with van der Waals surface area (Å²) in [6.07, 6.45) is 0.779. The molecule has 0 radical (unpaired) electrons. The summed E-state index contributed by atoms with van der Waals surface area (Å²) in [5, 5.41) is 2.28. The number of nitrogens with zero attached hydrogens (tertiary/aromatic N) is 1. The van der Waals surface area contributed by atoms with Gasteiger partial charge in [-0.25, -0.2) is 9.38 Å². The van der Waals surface area contributed by atoms with Crippen LogP contribution in [0.3, 0.4) is 0 Å². The molecule has 0 amide bonds. The highest BCUT2D eigenvalue weighted by Crippen LogP contribution is 2.10. The van der Waals surface area contributed by atoms with E-state index in [0.717, 1.165) is 6.42 Å². The van der Waals surface area contributed by atoms with Crippen LogP contribution in [0.15, 0.2) is 29.3 Å². The van der Waals surface area contributed by atoms with E-state index >= 15 is 0 Å². The molecular formula is C10H10FNOS. The number of hydrogen-bond donors (Lipinski definition) is 0. The first-order valence-corrected chi connectivity index (χ1v) is 4.66. The van der Waals surface area contributed by atoms with Crippen LogP contribution < -0.4 is 4.74 Å². The quantitative estimate of drug-likeness (QED) is 0.424. The Morgan fingerprint density at radius 1 is 1.36 bits per heavy atom. The van der Waals surface area contributed by atoms with Crippen molar-refractivity contribution >= 4 is 17.4 Å². The van der Waals surface area contributed by atoms with E-state index in [-0.39, 0.29) is 5.82 Å². The Hall–Kier alpha value is -1.25. The molecule has 0 heterocycles. The summed E-state index contributed by atoms with van der Waals surface area (Å²) in [5.41, 5.74) is 0. The molecule has 4 heteroatoms. The fraction of sp³-hybridized carbons (Fsp3) is 0.300. The molecule has 74 valence electrons. The Bertz CT molecular complexity index is 319. The van der Waals surface area contributed by atoms with Gasteiger partial charge in [-0.1, -0.05) is 0 Å². The van der Waals surface area contributed by atoms with Crippen LogP contribution >= 0.6 is 12.2 Å². The minimum absolute atomic E-state index is 0.261. The first-order chi connectivity index (χ1) is 6.83. The fourth-order valence-corrected chi connectivity index (χ4v) is 1.00. The molecule has 0 aliphatic carbocycles. The van der Waals surface area contributed by atoms with E-state index in [4.69, 9.17) is 4.74 Å². The van der Waals surface area contributed by atoms with Gasteiger partial charge in [-0.3, -0.25) is 0 Å². The minimum Gasteiger partial charge on any atom is -0.494 e. The van der Waals surface area contributed by atoms with Crippen LogP contribution in [0.4, 0.5) is 4.39 Å². The third kappa shape index (κ3) is 4.12. The largest absolute Gasteiger partial charge is 0.494 e. The molecule has 0 unspecified atom stereocenters. The summed E-state index contributed by atoms with van der Waals surface area (Å²) in [5.74, 6) is 0.403. The lowest BCUT2D eigenvalue weighted by Crippen LogP contribution is -1.98. The zero-order valence-electron chi connectivity index (χ0n) is 7.57. The molecule has 0 aliphatic heterocycles. The van der Waals surface area contributed by atoms with Crippen molar-refractivity contribution in [3.63, 3.8) is 0 Å². The van der Waals surface area contributed by atoms with Gasteiger partial charge in [0.25, 0.3) is 0 Å². The van der Waals surface area contributed by atoms with Gasteiger partial charge in [0, 0.05) is 6.42 Å². The summed E-state index contributed by atoms with van der Waals surface area (Å²) >= 11 is 4.41. The van der Waals surface area contributed by atoms with Crippen LogP contribution in [-0.4, -0.2) is 18.3 Å². The third-order valence-corrected chi connectivity index (χ3v) is 1.69. The van der Waals surface area contributed by atoms with Gasteiger partial charge in [0.15, 0.2) is 0 Å². The molecule has 2 nitrogen and oxygen atoms in total. The molecule has 0 N–H and O–H groups in total.